The lowest BCUT2D eigenvalue weighted by Gasteiger charge is -2.09. The number of hydrogen-bond donors (Lipinski definition) is 1. The van der Waals surface area contributed by atoms with Gasteiger partial charge in [0.15, 0.2) is 5.78 Å². The van der Waals surface area contributed by atoms with E-state index in [1.54, 1.807) is 24.3 Å². The van der Waals surface area contributed by atoms with Gasteiger partial charge in [0.05, 0.1) is 20.3 Å². The van der Waals surface area contributed by atoms with Crippen molar-refractivity contribution in [1.29, 1.82) is 0 Å². The molecular formula is C14H15NO5. The van der Waals surface area contributed by atoms with Crippen LogP contribution in [0, 0.1) is 0 Å². The highest BCUT2D eigenvalue weighted by molar-refractivity contribution is 5.99. The Morgan fingerprint density at radius 1 is 1.15 bits per heavy atom. The van der Waals surface area contributed by atoms with Gasteiger partial charge < -0.3 is 14.8 Å². The molecule has 106 valence electrons. The lowest BCUT2D eigenvalue weighted by atomic mass is 10.1. The van der Waals surface area contributed by atoms with Crippen LogP contribution in [0.1, 0.15) is 17.3 Å². The van der Waals surface area contributed by atoms with Crippen LogP contribution in [0.4, 0.5) is 5.69 Å². The molecule has 0 aromatic heterocycles. The van der Waals surface area contributed by atoms with Crippen LogP contribution in [-0.2, 0) is 19.1 Å². The summed E-state index contributed by atoms with van der Waals surface area (Å²) in [5.41, 5.74) is 0.885. The standard InChI is InChI=1S/C14H15NO5/c1-9(16)10-5-4-6-11(7-10)15-12(14(18)20-3)8-13(17)19-2/h4-8,15H,1-3H3/b12-8+. The number of hydrogen-bond acceptors (Lipinski definition) is 6. The third kappa shape index (κ3) is 4.24. The number of anilines is 1. The topological polar surface area (TPSA) is 81.7 Å². The summed E-state index contributed by atoms with van der Waals surface area (Å²) in [5.74, 6) is -1.52. The number of benzene rings is 1. The van der Waals surface area contributed by atoms with Gasteiger partial charge >= 0.3 is 11.9 Å². The molecule has 0 atom stereocenters. The Morgan fingerprint density at radius 3 is 2.40 bits per heavy atom. The van der Waals surface area contributed by atoms with E-state index in [1.807, 2.05) is 0 Å². The molecule has 0 heterocycles. The molecule has 0 saturated heterocycles. The van der Waals surface area contributed by atoms with Crippen LogP contribution in [0.3, 0.4) is 0 Å². The van der Waals surface area contributed by atoms with Gasteiger partial charge in [-0.15, -0.1) is 0 Å². The Hall–Kier alpha value is -2.63. The molecule has 1 aromatic rings. The SMILES string of the molecule is COC(=O)/C=C(/Nc1cccc(C(C)=O)c1)C(=O)OC. The van der Waals surface area contributed by atoms with E-state index in [4.69, 9.17) is 0 Å². The Kier molecular flexibility index (Phi) is 5.46. The van der Waals surface area contributed by atoms with Crippen LogP contribution in [-0.4, -0.2) is 31.9 Å². The van der Waals surface area contributed by atoms with Gasteiger partial charge in [0.2, 0.25) is 0 Å². The van der Waals surface area contributed by atoms with Crippen molar-refractivity contribution in [3.05, 3.63) is 41.6 Å². The fourth-order valence-corrected chi connectivity index (χ4v) is 1.40. The van der Waals surface area contributed by atoms with Crippen LogP contribution in [0.5, 0.6) is 0 Å². The Balaban J connectivity index is 3.04. The average Bonchev–Trinajstić information content (AvgIpc) is 2.45. The van der Waals surface area contributed by atoms with Gasteiger partial charge in [-0.2, -0.15) is 0 Å². The molecule has 0 bridgehead atoms. The van der Waals surface area contributed by atoms with Crippen LogP contribution in [0.25, 0.3) is 0 Å². The van der Waals surface area contributed by atoms with Crippen LogP contribution >= 0.6 is 0 Å². The molecule has 0 aliphatic carbocycles. The number of ketones is 1. The number of carbonyl (C=O) groups excluding carboxylic acids is 3. The summed E-state index contributed by atoms with van der Waals surface area (Å²) in [6.07, 6.45) is 0.978. The minimum atomic E-state index is -0.719. The molecule has 20 heavy (non-hydrogen) atoms. The number of methoxy groups -OCH3 is 2. The van der Waals surface area contributed by atoms with E-state index >= 15 is 0 Å². The molecule has 0 aliphatic rings. The molecule has 1 aromatic carbocycles. The van der Waals surface area contributed by atoms with E-state index in [-0.39, 0.29) is 11.5 Å². The Labute approximate surface area is 116 Å². The van der Waals surface area contributed by atoms with E-state index in [0.29, 0.717) is 11.3 Å². The van der Waals surface area contributed by atoms with Crippen molar-refractivity contribution in [2.45, 2.75) is 6.92 Å². The summed E-state index contributed by atoms with van der Waals surface area (Å²) in [5, 5.41) is 2.72. The summed E-state index contributed by atoms with van der Waals surface area (Å²) in [6, 6.07) is 6.53. The van der Waals surface area contributed by atoms with E-state index < -0.39 is 11.9 Å². The van der Waals surface area contributed by atoms with E-state index in [1.165, 1.54) is 21.1 Å². The van der Waals surface area contributed by atoms with Crippen LogP contribution in [0.2, 0.25) is 0 Å². The summed E-state index contributed by atoms with van der Waals surface area (Å²) in [4.78, 5) is 34.1. The maximum absolute atomic E-state index is 11.6. The zero-order valence-electron chi connectivity index (χ0n) is 11.4. The molecule has 0 spiro atoms. The second kappa shape index (κ2) is 7.08. The van der Waals surface area contributed by atoms with Gasteiger partial charge in [0.25, 0.3) is 0 Å². The monoisotopic (exact) mass is 277 g/mol. The lowest BCUT2D eigenvalue weighted by molar-refractivity contribution is -0.138. The molecule has 0 amide bonds. The summed E-state index contributed by atoms with van der Waals surface area (Å²) < 4.78 is 9.02. The second-order valence-electron chi connectivity index (χ2n) is 3.83. The highest BCUT2D eigenvalue weighted by Gasteiger charge is 2.13. The quantitative estimate of drug-likeness (QED) is 0.499. The van der Waals surface area contributed by atoms with Crippen LogP contribution in [0.15, 0.2) is 36.0 Å². The molecule has 0 saturated carbocycles. The van der Waals surface area contributed by atoms with E-state index in [0.717, 1.165) is 6.08 Å². The summed E-state index contributed by atoms with van der Waals surface area (Å²) in [6.45, 7) is 1.44. The van der Waals surface area contributed by atoms with E-state index in [9.17, 15) is 14.4 Å². The minimum Gasteiger partial charge on any atom is -0.466 e. The van der Waals surface area contributed by atoms with Crippen molar-refractivity contribution >= 4 is 23.4 Å². The van der Waals surface area contributed by atoms with Crippen LogP contribution < -0.4 is 5.32 Å². The molecule has 1 rings (SSSR count). The molecule has 0 fully saturated rings. The maximum atomic E-state index is 11.6. The maximum Gasteiger partial charge on any atom is 0.354 e. The third-order valence-electron chi connectivity index (χ3n) is 2.42. The first-order chi connectivity index (χ1) is 9.47. The Bertz CT molecular complexity index is 562. The molecule has 0 aliphatic heterocycles. The van der Waals surface area contributed by atoms with Gasteiger partial charge in [-0.05, 0) is 19.1 Å². The molecule has 0 radical (unpaired) electrons. The Morgan fingerprint density at radius 2 is 1.85 bits per heavy atom. The molecule has 6 nitrogen and oxygen atoms in total. The van der Waals surface area contributed by atoms with Crippen molar-refractivity contribution in [2.75, 3.05) is 19.5 Å². The number of rotatable bonds is 5. The van der Waals surface area contributed by atoms with Gasteiger partial charge in [0, 0.05) is 11.3 Å². The normalized spacial score (nSPS) is 10.7. The molecule has 6 heteroatoms. The van der Waals surface area contributed by atoms with Gasteiger partial charge in [0.1, 0.15) is 5.70 Å². The largest absolute Gasteiger partial charge is 0.466 e. The second-order valence-corrected chi connectivity index (χ2v) is 3.83. The van der Waals surface area contributed by atoms with Crippen molar-refractivity contribution < 1.29 is 23.9 Å². The number of Topliss-reactive ketones (excluding diaryl/α,β-unsaturated/α-hetero) is 1. The number of ether oxygens (including phenoxy) is 2. The first-order valence-electron chi connectivity index (χ1n) is 5.74. The van der Waals surface area contributed by atoms with Gasteiger partial charge in [-0.25, -0.2) is 9.59 Å². The van der Waals surface area contributed by atoms with Crippen molar-refractivity contribution in [3.63, 3.8) is 0 Å². The smallest absolute Gasteiger partial charge is 0.354 e. The van der Waals surface area contributed by atoms with Crippen molar-refractivity contribution in [2.24, 2.45) is 0 Å². The first-order valence-corrected chi connectivity index (χ1v) is 5.74. The zero-order chi connectivity index (χ0) is 15.1. The number of nitrogens with one attached hydrogen (secondary N) is 1. The fraction of sp³-hybridized carbons (Fsp3) is 0.214. The number of carbonyl (C=O) groups is 3. The van der Waals surface area contributed by atoms with Gasteiger partial charge in [-0.3, -0.25) is 4.79 Å². The summed E-state index contributed by atoms with van der Waals surface area (Å²) in [7, 11) is 2.39. The predicted molar refractivity (Wildman–Crippen MR) is 72.2 cm³/mol. The molecule has 1 N–H and O–H groups in total. The fourth-order valence-electron chi connectivity index (χ4n) is 1.40. The first kappa shape index (κ1) is 15.4. The number of esters is 2. The minimum absolute atomic E-state index is 0.0833. The third-order valence-corrected chi connectivity index (χ3v) is 2.42. The predicted octanol–water partition coefficient (Wildman–Crippen LogP) is 1.53. The highest BCUT2D eigenvalue weighted by Crippen LogP contribution is 2.14. The average molecular weight is 277 g/mol. The molecule has 0 unspecified atom stereocenters. The molecular weight excluding hydrogens is 262 g/mol. The van der Waals surface area contributed by atoms with Crippen molar-refractivity contribution in [3.8, 4) is 0 Å². The van der Waals surface area contributed by atoms with Gasteiger partial charge in [-0.1, -0.05) is 12.1 Å². The van der Waals surface area contributed by atoms with Crippen molar-refractivity contribution in [1.82, 2.24) is 0 Å². The summed E-state index contributed by atoms with van der Waals surface area (Å²) >= 11 is 0. The highest BCUT2D eigenvalue weighted by atomic mass is 16.5. The van der Waals surface area contributed by atoms with E-state index in [2.05, 4.69) is 14.8 Å². The lowest BCUT2D eigenvalue weighted by Crippen LogP contribution is -2.15. The zero-order valence-corrected chi connectivity index (χ0v) is 11.4.